The van der Waals surface area contributed by atoms with E-state index in [0.29, 0.717) is 11.6 Å². The first kappa shape index (κ1) is 18.3. The molecule has 9 heteroatoms. The van der Waals surface area contributed by atoms with Crippen LogP contribution in [0.15, 0.2) is 6.07 Å². The van der Waals surface area contributed by atoms with Gasteiger partial charge in [0.1, 0.15) is 0 Å². The number of pyridine rings is 1. The number of hydrazine groups is 1. The van der Waals surface area contributed by atoms with E-state index in [9.17, 15) is 9.59 Å². The number of hydrogen-bond donors (Lipinski definition) is 2. The van der Waals surface area contributed by atoms with E-state index in [1.54, 1.807) is 13.8 Å². The van der Waals surface area contributed by atoms with Crippen molar-refractivity contribution in [2.24, 2.45) is 0 Å². The average Bonchev–Trinajstić information content (AvgIpc) is 2.90. The molecule has 0 atom stereocenters. The normalized spacial score (nSPS) is 10.9. The van der Waals surface area contributed by atoms with Crippen LogP contribution in [0.25, 0.3) is 19.6 Å². The summed E-state index contributed by atoms with van der Waals surface area (Å²) in [6, 6.07) is 2.04. The Morgan fingerprint density at radius 2 is 1.96 bits per heavy atom. The summed E-state index contributed by atoms with van der Waals surface area (Å²) >= 11 is -0.0661. The molecule has 0 aliphatic heterocycles. The summed E-state index contributed by atoms with van der Waals surface area (Å²) in [6.45, 7) is 7.75. The summed E-state index contributed by atoms with van der Waals surface area (Å²) in [6.07, 6.45) is -0.349. The van der Waals surface area contributed by atoms with Crippen molar-refractivity contribution in [1.29, 1.82) is 0 Å². The third kappa shape index (κ3) is 3.68. The Morgan fingerprint density at radius 3 is 2.69 bits per heavy atom. The van der Waals surface area contributed by atoms with Crippen LogP contribution in [-0.2, 0) is 14.3 Å². The maximum absolute atomic E-state index is 11.9. The second-order valence-corrected chi connectivity index (χ2v) is 7.91. The predicted molar refractivity (Wildman–Crippen MR) is 99.0 cm³/mol. The first-order valence-corrected chi connectivity index (χ1v) is 9.86. The molecule has 0 aliphatic rings. The molecule has 8 nitrogen and oxygen atoms in total. The maximum atomic E-state index is 11.9. The molecule has 0 aromatic carbocycles. The number of aromatic nitrogens is 3. The van der Waals surface area contributed by atoms with Crippen LogP contribution in [0.4, 0.5) is 5.82 Å². The Bertz CT molecular complexity index is 1010. The van der Waals surface area contributed by atoms with Gasteiger partial charge in [0.25, 0.3) is 0 Å². The van der Waals surface area contributed by atoms with Gasteiger partial charge in [-0.05, 0) is 0 Å². The van der Waals surface area contributed by atoms with Gasteiger partial charge in [-0.25, -0.2) is 0 Å². The first-order chi connectivity index (χ1) is 12.4. The first-order valence-electron chi connectivity index (χ1n) is 8.14. The second-order valence-electron chi connectivity index (χ2n) is 5.81. The molecule has 136 valence electrons. The molecule has 0 saturated carbocycles. The number of rotatable bonds is 5. The minimum atomic E-state index is -0.567. The summed E-state index contributed by atoms with van der Waals surface area (Å²) < 4.78 is 6.73. The van der Waals surface area contributed by atoms with Crippen LogP contribution in [0.3, 0.4) is 0 Å². The summed E-state index contributed by atoms with van der Waals surface area (Å²) in [5.41, 5.74) is 8.30. The van der Waals surface area contributed by atoms with Crippen molar-refractivity contribution in [3.8, 4) is 0 Å². The number of amides is 1. The molecule has 0 spiro atoms. The van der Waals surface area contributed by atoms with Crippen LogP contribution >= 0.6 is 0 Å². The summed E-state index contributed by atoms with van der Waals surface area (Å²) in [4.78, 5) is 36.9. The molecule has 0 radical (unpaired) electrons. The second kappa shape index (κ2) is 7.39. The van der Waals surface area contributed by atoms with Crippen molar-refractivity contribution in [3.05, 3.63) is 23.1 Å². The van der Waals surface area contributed by atoms with E-state index >= 15 is 0 Å². The fourth-order valence-corrected chi connectivity index (χ4v) is 5.17. The van der Waals surface area contributed by atoms with E-state index < -0.39 is 11.9 Å². The Balaban J connectivity index is 1.92. The SMILES string of the molecule is CCOC(=O)CC(=O)NNc1nc(C)nc2c1[se]c1nc(C)cc(C)c12. The molecule has 3 aromatic heterocycles. The number of fused-ring (bicyclic) bond motifs is 3. The van der Waals surface area contributed by atoms with E-state index in [1.807, 2.05) is 19.9 Å². The van der Waals surface area contributed by atoms with E-state index in [1.165, 1.54) is 0 Å². The molecule has 3 heterocycles. The van der Waals surface area contributed by atoms with Gasteiger partial charge in [0.05, 0.1) is 0 Å². The van der Waals surface area contributed by atoms with Gasteiger partial charge >= 0.3 is 156 Å². The Labute approximate surface area is 156 Å². The van der Waals surface area contributed by atoms with Gasteiger partial charge in [-0.2, -0.15) is 0 Å². The summed E-state index contributed by atoms with van der Waals surface area (Å²) in [7, 11) is 0. The Kier molecular flexibility index (Phi) is 5.20. The minimum absolute atomic E-state index is 0.0661. The van der Waals surface area contributed by atoms with E-state index in [2.05, 4.69) is 25.8 Å². The van der Waals surface area contributed by atoms with Crippen LogP contribution in [-0.4, -0.2) is 47.9 Å². The monoisotopic (exact) mass is 421 g/mol. The number of nitrogens with zero attached hydrogens (tertiary/aromatic N) is 3. The number of anilines is 1. The van der Waals surface area contributed by atoms with Gasteiger partial charge in [-0.3, -0.25) is 0 Å². The topological polar surface area (TPSA) is 106 Å². The number of carbonyl (C=O) groups excluding carboxylic acids is 2. The van der Waals surface area contributed by atoms with Gasteiger partial charge in [0.2, 0.25) is 0 Å². The number of esters is 1. The molecule has 0 unspecified atom stereocenters. The third-order valence-electron chi connectivity index (χ3n) is 3.65. The fourth-order valence-electron chi connectivity index (χ4n) is 2.69. The number of nitrogens with one attached hydrogen (secondary N) is 2. The predicted octanol–water partition coefficient (Wildman–Crippen LogP) is 1.56. The number of aryl methyl sites for hydroxylation is 3. The van der Waals surface area contributed by atoms with Crippen LogP contribution in [0, 0.1) is 20.8 Å². The third-order valence-corrected chi connectivity index (χ3v) is 5.92. The summed E-state index contributed by atoms with van der Waals surface area (Å²) in [5, 5.41) is 1.05. The van der Waals surface area contributed by atoms with Gasteiger partial charge in [-0.1, -0.05) is 0 Å². The molecule has 26 heavy (non-hydrogen) atoms. The van der Waals surface area contributed by atoms with E-state index in [4.69, 9.17) is 4.74 Å². The van der Waals surface area contributed by atoms with Gasteiger partial charge < -0.3 is 0 Å². The molecule has 0 aliphatic carbocycles. The zero-order valence-corrected chi connectivity index (χ0v) is 16.7. The quantitative estimate of drug-likeness (QED) is 0.279. The van der Waals surface area contributed by atoms with Crippen LogP contribution < -0.4 is 10.9 Å². The van der Waals surface area contributed by atoms with Crippen molar-refractivity contribution < 1.29 is 14.3 Å². The Hall–Kier alpha value is -2.51. The molecule has 2 N–H and O–H groups in total. The molecular formula is C17H19N5O3Se. The van der Waals surface area contributed by atoms with Crippen molar-refractivity contribution in [2.75, 3.05) is 12.0 Å². The molecule has 3 aromatic rings. The van der Waals surface area contributed by atoms with Gasteiger partial charge in [0, 0.05) is 0 Å². The van der Waals surface area contributed by atoms with E-state index in [-0.39, 0.29) is 27.5 Å². The molecule has 0 fully saturated rings. The van der Waals surface area contributed by atoms with Crippen LogP contribution in [0.2, 0.25) is 0 Å². The van der Waals surface area contributed by atoms with Crippen molar-refractivity contribution >= 4 is 51.8 Å². The van der Waals surface area contributed by atoms with E-state index in [0.717, 1.165) is 30.8 Å². The molecule has 0 bridgehead atoms. The molecule has 3 rings (SSSR count). The molecule has 1 amide bonds. The van der Waals surface area contributed by atoms with Crippen molar-refractivity contribution in [2.45, 2.75) is 34.1 Å². The zero-order chi connectivity index (χ0) is 18.8. The average molecular weight is 420 g/mol. The number of ether oxygens (including phenoxy) is 1. The molecular weight excluding hydrogens is 401 g/mol. The summed E-state index contributed by atoms with van der Waals surface area (Å²) in [5.74, 6) is 0.0822. The van der Waals surface area contributed by atoms with Crippen molar-refractivity contribution in [3.63, 3.8) is 0 Å². The zero-order valence-electron chi connectivity index (χ0n) is 15.0. The standard InChI is InChI=1S/C17H19N5O3Se/c1-5-25-12(24)7-11(23)21-22-16-15-14(19-10(4)20-16)13-8(2)6-9(3)18-17(13)26-15/h6H,5,7H2,1-4H3,(H,21,23)(H,19,20,22). The number of hydrogen-bond acceptors (Lipinski definition) is 7. The van der Waals surface area contributed by atoms with Gasteiger partial charge in [-0.15, -0.1) is 0 Å². The van der Waals surface area contributed by atoms with Crippen molar-refractivity contribution in [1.82, 2.24) is 20.4 Å². The fraction of sp³-hybridized carbons (Fsp3) is 0.353. The van der Waals surface area contributed by atoms with Crippen LogP contribution in [0.5, 0.6) is 0 Å². The van der Waals surface area contributed by atoms with Gasteiger partial charge in [0.15, 0.2) is 0 Å². The Morgan fingerprint density at radius 1 is 1.19 bits per heavy atom. The van der Waals surface area contributed by atoms with Crippen LogP contribution in [0.1, 0.15) is 30.4 Å². The number of carbonyl (C=O) groups is 2. The molecule has 0 saturated heterocycles.